The van der Waals surface area contributed by atoms with Gasteiger partial charge in [-0.1, -0.05) is 161 Å². The van der Waals surface area contributed by atoms with E-state index in [2.05, 4.69) is 45.0 Å². The van der Waals surface area contributed by atoms with Crippen LogP contribution in [0.4, 0.5) is 0 Å². The van der Waals surface area contributed by atoms with Crippen molar-refractivity contribution in [3.8, 4) is 0 Å². The Morgan fingerprint density at radius 3 is 1.56 bits per heavy atom. The van der Waals surface area contributed by atoms with Gasteiger partial charge in [-0.3, -0.25) is 9.59 Å². The lowest BCUT2D eigenvalue weighted by molar-refractivity contribution is -0.126. The van der Waals surface area contributed by atoms with Crippen LogP contribution in [0.15, 0.2) is 121 Å². The molecule has 0 amide bonds. The molecule has 0 aliphatic heterocycles. The molecule has 2 N–H and O–H groups in total. The van der Waals surface area contributed by atoms with Crippen molar-refractivity contribution in [1.29, 1.82) is 0 Å². The summed E-state index contributed by atoms with van der Waals surface area (Å²) in [5.41, 5.74) is 2.64. The molecule has 0 radical (unpaired) electrons. The number of unbranched alkanes of at least 4 members (excludes halogenated alkanes) is 2. The van der Waals surface area contributed by atoms with Crippen molar-refractivity contribution in [3.05, 3.63) is 144 Å². The van der Waals surface area contributed by atoms with Crippen LogP contribution in [-0.4, -0.2) is 20.0 Å². The van der Waals surface area contributed by atoms with Crippen LogP contribution in [0.5, 0.6) is 0 Å². The number of nitrogens with two attached hydrogens (primary N) is 1. The molecule has 5 atom stereocenters. The number of primary sulfonamides is 1. The molecule has 5 unspecified atom stereocenters. The number of hydrogen-bond acceptors (Lipinski definition) is 4. The van der Waals surface area contributed by atoms with Gasteiger partial charge in [0.05, 0.1) is 5.41 Å². The fourth-order valence-corrected chi connectivity index (χ4v) is 7.86. The van der Waals surface area contributed by atoms with Gasteiger partial charge < -0.3 is 0 Å². The average molecular weight is 666 g/mol. The zero-order valence-electron chi connectivity index (χ0n) is 28.6. The molecule has 254 valence electrons. The van der Waals surface area contributed by atoms with E-state index >= 15 is 0 Å². The van der Waals surface area contributed by atoms with E-state index < -0.39 is 32.4 Å². The van der Waals surface area contributed by atoms with Gasteiger partial charge >= 0.3 is 0 Å². The van der Waals surface area contributed by atoms with Crippen molar-refractivity contribution in [2.45, 2.75) is 94.6 Å². The van der Waals surface area contributed by atoms with Crippen LogP contribution >= 0.6 is 0 Å². The molecule has 0 fully saturated rings. The summed E-state index contributed by atoms with van der Waals surface area (Å²) >= 11 is 0. The molecule has 5 nitrogen and oxygen atoms in total. The highest BCUT2D eigenvalue weighted by atomic mass is 32.2. The van der Waals surface area contributed by atoms with Gasteiger partial charge in [0.2, 0.25) is 10.0 Å². The smallest absolute Gasteiger partial charge is 0.223 e. The lowest BCUT2D eigenvalue weighted by Crippen LogP contribution is -2.37. The fourth-order valence-electron chi connectivity index (χ4n) is 6.83. The molecule has 0 heterocycles. The second-order valence-corrected chi connectivity index (χ2v) is 15.1. The van der Waals surface area contributed by atoms with Crippen molar-refractivity contribution in [1.82, 2.24) is 0 Å². The molecule has 0 spiro atoms. The Bertz CT molecular complexity index is 1680. The number of carbonyl (C=O) groups is 2. The number of ketones is 2. The van der Waals surface area contributed by atoms with Gasteiger partial charge in [0.1, 0.15) is 0 Å². The Kier molecular flexibility index (Phi) is 13.5. The summed E-state index contributed by atoms with van der Waals surface area (Å²) in [5.74, 6) is -0.508. The summed E-state index contributed by atoms with van der Waals surface area (Å²) in [6, 6.07) is 38.2. The number of hydrogen-bond donors (Lipinski definition) is 1. The first kappa shape index (κ1) is 37.0. The van der Waals surface area contributed by atoms with Gasteiger partial charge in [-0.05, 0) is 60.8 Å². The van der Waals surface area contributed by atoms with E-state index in [9.17, 15) is 18.0 Å². The quantitative estimate of drug-likeness (QED) is 0.101. The van der Waals surface area contributed by atoms with Gasteiger partial charge in [-0.25, -0.2) is 13.6 Å². The highest BCUT2D eigenvalue weighted by Crippen LogP contribution is 2.39. The molecule has 0 aliphatic rings. The number of rotatable bonds is 19. The minimum atomic E-state index is -4.19. The van der Waals surface area contributed by atoms with E-state index in [1.54, 1.807) is 30.3 Å². The number of carbonyl (C=O) groups excluding carboxylic acids is 2. The Hall–Kier alpha value is -3.87. The van der Waals surface area contributed by atoms with Crippen molar-refractivity contribution >= 4 is 21.6 Å². The summed E-state index contributed by atoms with van der Waals surface area (Å²) in [4.78, 5) is 28.7. The molecule has 0 aromatic heterocycles. The van der Waals surface area contributed by atoms with Crippen LogP contribution in [0.25, 0.3) is 0 Å². The van der Waals surface area contributed by atoms with Gasteiger partial charge in [-0.2, -0.15) is 0 Å². The second kappa shape index (κ2) is 17.5. The van der Waals surface area contributed by atoms with Crippen LogP contribution in [0, 0.1) is 5.92 Å². The highest BCUT2D eigenvalue weighted by molar-refractivity contribution is 7.90. The van der Waals surface area contributed by atoms with Crippen LogP contribution in [0.1, 0.15) is 111 Å². The molecule has 6 heteroatoms. The summed E-state index contributed by atoms with van der Waals surface area (Å²) in [6.07, 6.45) is 6.34. The predicted molar refractivity (Wildman–Crippen MR) is 196 cm³/mol. The highest BCUT2D eigenvalue weighted by Gasteiger charge is 2.40. The average Bonchev–Trinajstić information content (AvgIpc) is 3.11. The largest absolute Gasteiger partial charge is 0.298 e. The lowest BCUT2D eigenvalue weighted by atomic mass is 9.68. The van der Waals surface area contributed by atoms with Crippen LogP contribution < -0.4 is 5.14 Å². The molecular weight excluding hydrogens is 615 g/mol. The topological polar surface area (TPSA) is 94.3 Å². The standard InChI is InChI=1S/C42H51NO4S/c1-4-32(2)30-31-42(3,36-26-16-8-17-27-36)41(45)38(34-22-12-6-13-23-34)29-19-9-18-28-37(33-20-10-5-11-21-33)39(44)40(48(43,46)47)35-24-14-7-15-25-35/h5-8,10-17,20-27,32,37-38,40H,4,9,18-19,28-31H2,1-3H3,(H2,43,46,47). The maximum Gasteiger partial charge on any atom is 0.223 e. The van der Waals surface area contributed by atoms with Crippen LogP contribution in [-0.2, 0) is 25.0 Å². The molecule has 0 saturated heterocycles. The normalized spacial score (nSPS) is 15.5. The maximum absolute atomic E-state index is 14.7. The van der Waals surface area contributed by atoms with Crippen molar-refractivity contribution in [2.75, 3.05) is 0 Å². The Morgan fingerprint density at radius 1 is 0.646 bits per heavy atom. The summed E-state index contributed by atoms with van der Waals surface area (Å²) in [7, 11) is -4.19. The zero-order chi connectivity index (χ0) is 34.6. The van der Waals surface area contributed by atoms with Crippen molar-refractivity contribution < 1.29 is 18.0 Å². The van der Waals surface area contributed by atoms with Gasteiger partial charge in [0, 0.05) is 11.8 Å². The van der Waals surface area contributed by atoms with Crippen molar-refractivity contribution in [3.63, 3.8) is 0 Å². The molecule has 4 rings (SSSR count). The minimum absolute atomic E-state index is 0.249. The van der Waals surface area contributed by atoms with E-state index in [0.717, 1.165) is 48.8 Å². The molecular formula is C42H51NO4S. The molecule has 0 saturated carbocycles. The summed E-state index contributed by atoms with van der Waals surface area (Å²) in [6.45, 7) is 6.57. The number of sulfonamides is 1. The first-order valence-corrected chi connectivity index (χ1v) is 19.0. The number of Topliss-reactive ketones (excluding diaryl/α,β-unsaturated/α-hetero) is 2. The van der Waals surface area contributed by atoms with E-state index in [4.69, 9.17) is 5.14 Å². The Balaban J connectivity index is 1.53. The zero-order valence-corrected chi connectivity index (χ0v) is 29.4. The number of benzene rings is 4. The van der Waals surface area contributed by atoms with Crippen molar-refractivity contribution in [2.24, 2.45) is 11.1 Å². The third kappa shape index (κ3) is 9.61. The first-order valence-electron chi connectivity index (χ1n) is 17.4. The molecule has 4 aromatic rings. The maximum atomic E-state index is 14.7. The van der Waals surface area contributed by atoms with E-state index in [0.29, 0.717) is 30.7 Å². The third-order valence-electron chi connectivity index (χ3n) is 10.0. The SMILES string of the molecule is CCC(C)CCC(C)(C(=O)C(CCCCCC(C(=O)C(c1ccccc1)S(N)(=O)=O)c1ccccc1)c1ccccc1)c1ccccc1. The summed E-state index contributed by atoms with van der Waals surface area (Å²) in [5, 5.41) is 4.23. The molecule has 0 aliphatic carbocycles. The van der Waals surface area contributed by atoms with Crippen LogP contribution in [0.3, 0.4) is 0 Å². The Labute approximate surface area is 288 Å². The Morgan fingerprint density at radius 2 is 1.08 bits per heavy atom. The predicted octanol–water partition coefficient (Wildman–Crippen LogP) is 9.46. The minimum Gasteiger partial charge on any atom is -0.298 e. The second-order valence-electron chi connectivity index (χ2n) is 13.5. The molecule has 0 bridgehead atoms. The van der Waals surface area contributed by atoms with Gasteiger partial charge in [-0.15, -0.1) is 0 Å². The monoisotopic (exact) mass is 665 g/mol. The third-order valence-corrected chi connectivity index (χ3v) is 11.2. The molecule has 48 heavy (non-hydrogen) atoms. The first-order chi connectivity index (χ1) is 23.1. The fraction of sp³-hybridized carbons (Fsp3) is 0.381. The summed E-state index contributed by atoms with van der Waals surface area (Å²) < 4.78 is 25.5. The lowest BCUT2D eigenvalue weighted by Gasteiger charge is -2.34. The van der Waals surface area contributed by atoms with E-state index in [-0.39, 0.29) is 11.7 Å². The van der Waals surface area contributed by atoms with E-state index in [1.165, 1.54) is 0 Å². The molecule has 4 aromatic carbocycles. The van der Waals surface area contributed by atoms with E-state index in [1.807, 2.05) is 66.7 Å². The van der Waals surface area contributed by atoms with Crippen LogP contribution in [0.2, 0.25) is 0 Å². The van der Waals surface area contributed by atoms with Gasteiger partial charge in [0.25, 0.3) is 0 Å². The van der Waals surface area contributed by atoms with Gasteiger partial charge in [0.15, 0.2) is 16.8 Å².